The van der Waals surface area contributed by atoms with Crippen LogP contribution < -0.4 is 0 Å². The van der Waals surface area contributed by atoms with Gasteiger partial charge < -0.3 is 14.5 Å². The lowest BCUT2D eigenvalue weighted by Crippen LogP contribution is -2.42. The van der Waals surface area contributed by atoms with Gasteiger partial charge in [0.05, 0.1) is 12.7 Å². The first-order chi connectivity index (χ1) is 11.8. The highest BCUT2D eigenvalue weighted by Gasteiger charge is 2.55. The Morgan fingerprint density at radius 1 is 0.833 bits per heavy atom. The van der Waals surface area contributed by atoms with Crippen LogP contribution in [0, 0.1) is 17.8 Å². The van der Waals surface area contributed by atoms with Gasteiger partial charge >= 0.3 is 0 Å². The van der Waals surface area contributed by atoms with Gasteiger partial charge in [0, 0.05) is 25.6 Å². The molecule has 2 atom stereocenters. The Labute approximate surface area is 146 Å². The lowest BCUT2D eigenvalue weighted by atomic mass is 10.0. The number of carbonyl (C=O) groups is 1. The van der Waals surface area contributed by atoms with Crippen LogP contribution in [0.5, 0.6) is 0 Å². The number of amides is 1. The molecule has 2 unspecified atom stereocenters. The lowest BCUT2D eigenvalue weighted by Gasteiger charge is -2.33. The molecule has 4 nitrogen and oxygen atoms in total. The SMILES string of the molecule is O=C(C1C2CCCCC21)N1CCC(OCCN2CCCCC2)CC1. The van der Waals surface area contributed by atoms with E-state index >= 15 is 0 Å². The molecular weight excluding hydrogens is 300 g/mol. The molecule has 2 aliphatic heterocycles. The van der Waals surface area contributed by atoms with Gasteiger partial charge in [0.15, 0.2) is 0 Å². The van der Waals surface area contributed by atoms with E-state index in [-0.39, 0.29) is 0 Å². The van der Waals surface area contributed by atoms with E-state index in [9.17, 15) is 4.79 Å². The van der Waals surface area contributed by atoms with Gasteiger partial charge in [-0.05, 0) is 63.5 Å². The second kappa shape index (κ2) is 7.74. The van der Waals surface area contributed by atoms with Gasteiger partial charge in [0.25, 0.3) is 0 Å². The molecule has 136 valence electrons. The summed E-state index contributed by atoms with van der Waals surface area (Å²) in [6, 6.07) is 0. The van der Waals surface area contributed by atoms with E-state index in [0.29, 0.717) is 17.9 Å². The molecule has 0 aromatic rings. The van der Waals surface area contributed by atoms with Crippen molar-refractivity contribution in [3.63, 3.8) is 0 Å². The zero-order chi connectivity index (χ0) is 16.4. The van der Waals surface area contributed by atoms with E-state index in [4.69, 9.17) is 4.74 Å². The zero-order valence-electron chi connectivity index (χ0n) is 15.1. The Balaban J connectivity index is 1.14. The van der Waals surface area contributed by atoms with Crippen LogP contribution >= 0.6 is 0 Å². The fourth-order valence-electron chi connectivity index (χ4n) is 5.34. The molecule has 2 saturated heterocycles. The highest BCUT2D eigenvalue weighted by Crippen LogP contribution is 2.56. The summed E-state index contributed by atoms with van der Waals surface area (Å²) in [5, 5.41) is 0. The van der Waals surface area contributed by atoms with E-state index in [1.54, 1.807) is 0 Å². The molecule has 0 aromatic carbocycles. The number of fused-ring (bicyclic) bond motifs is 1. The number of nitrogens with zero attached hydrogens (tertiary/aromatic N) is 2. The molecule has 0 aromatic heterocycles. The van der Waals surface area contributed by atoms with Crippen LogP contribution in [0.2, 0.25) is 0 Å². The van der Waals surface area contributed by atoms with Crippen molar-refractivity contribution in [3.05, 3.63) is 0 Å². The average Bonchev–Trinajstić information content (AvgIpc) is 3.37. The molecule has 0 spiro atoms. The van der Waals surface area contributed by atoms with Gasteiger partial charge in [0.1, 0.15) is 0 Å². The number of likely N-dealkylation sites (tertiary alicyclic amines) is 2. The summed E-state index contributed by atoms with van der Waals surface area (Å²) in [5.41, 5.74) is 0. The Kier molecular flexibility index (Phi) is 5.43. The Morgan fingerprint density at radius 3 is 2.17 bits per heavy atom. The molecule has 2 saturated carbocycles. The third kappa shape index (κ3) is 3.80. The normalized spacial score (nSPS) is 34.8. The van der Waals surface area contributed by atoms with Crippen LogP contribution in [0.15, 0.2) is 0 Å². The molecule has 1 amide bonds. The van der Waals surface area contributed by atoms with Gasteiger partial charge in [-0.3, -0.25) is 4.79 Å². The maximum absolute atomic E-state index is 12.7. The fourth-order valence-corrected chi connectivity index (χ4v) is 5.34. The van der Waals surface area contributed by atoms with Crippen molar-refractivity contribution >= 4 is 5.91 Å². The van der Waals surface area contributed by atoms with Gasteiger partial charge in [-0.1, -0.05) is 19.3 Å². The largest absolute Gasteiger partial charge is 0.377 e. The third-order valence-corrected chi connectivity index (χ3v) is 6.91. The van der Waals surface area contributed by atoms with Crippen LogP contribution in [0.4, 0.5) is 0 Å². The molecule has 4 fully saturated rings. The summed E-state index contributed by atoms with van der Waals surface area (Å²) in [7, 11) is 0. The molecule has 2 heterocycles. The van der Waals surface area contributed by atoms with E-state index in [2.05, 4.69) is 9.80 Å². The van der Waals surface area contributed by atoms with Crippen LogP contribution in [0.25, 0.3) is 0 Å². The van der Waals surface area contributed by atoms with Crippen LogP contribution in [0.1, 0.15) is 57.8 Å². The number of rotatable bonds is 5. The summed E-state index contributed by atoms with van der Waals surface area (Å²) in [5.74, 6) is 2.34. The molecule has 0 radical (unpaired) electrons. The first-order valence-corrected chi connectivity index (χ1v) is 10.5. The summed E-state index contributed by atoms with van der Waals surface area (Å²) >= 11 is 0. The molecule has 4 aliphatic rings. The third-order valence-electron chi connectivity index (χ3n) is 6.91. The van der Waals surface area contributed by atoms with Crippen LogP contribution in [-0.4, -0.2) is 61.1 Å². The molecule has 4 rings (SSSR count). The highest BCUT2D eigenvalue weighted by molar-refractivity contribution is 5.82. The van der Waals surface area contributed by atoms with E-state index < -0.39 is 0 Å². The van der Waals surface area contributed by atoms with Gasteiger partial charge in [-0.15, -0.1) is 0 Å². The minimum atomic E-state index is 0.375. The van der Waals surface area contributed by atoms with Crippen molar-refractivity contribution in [1.82, 2.24) is 9.80 Å². The predicted octanol–water partition coefficient (Wildman–Crippen LogP) is 2.92. The summed E-state index contributed by atoms with van der Waals surface area (Å²) in [4.78, 5) is 17.4. The quantitative estimate of drug-likeness (QED) is 0.775. The second-order valence-corrected chi connectivity index (χ2v) is 8.44. The smallest absolute Gasteiger partial charge is 0.226 e. The van der Waals surface area contributed by atoms with Crippen molar-refractivity contribution in [2.75, 3.05) is 39.3 Å². The van der Waals surface area contributed by atoms with Gasteiger partial charge in [-0.2, -0.15) is 0 Å². The fraction of sp³-hybridized carbons (Fsp3) is 0.950. The monoisotopic (exact) mass is 334 g/mol. The second-order valence-electron chi connectivity index (χ2n) is 8.44. The number of carbonyl (C=O) groups excluding carboxylic acids is 1. The molecule has 2 aliphatic carbocycles. The van der Waals surface area contributed by atoms with E-state index in [1.807, 2.05) is 0 Å². The van der Waals surface area contributed by atoms with Crippen molar-refractivity contribution < 1.29 is 9.53 Å². The first-order valence-electron chi connectivity index (χ1n) is 10.5. The van der Waals surface area contributed by atoms with Gasteiger partial charge in [0.2, 0.25) is 5.91 Å². The lowest BCUT2D eigenvalue weighted by molar-refractivity contribution is -0.135. The Bertz CT molecular complexity index is 415. The maximum atomic E-state index is 12.7. The van der Waals surface area contributed by atoms with Crippen molar-refractivity contribution in [2.24, 2.45) is 17.8 Å². The topological polar surface area (TPSA) is 32.8 Å². The van der Waals surface area contributed by atoms with Crippen molar-refractivity contribution in [1.29, 1.82) is 0 Å². The minimum Gasteiger partial charge on any atom is -0.377 e. The first kappa shape index (κ1) is 16.8. The molecule has 0 N–H and O–H groups in total. The van der Waals surface area contributed by atoms with E-state index in [0.717, 1.165) is 50.9 Å². The highest BCUT2D eigenvalue weighted by atomic mass is 16.5. The molecule has 24 heavy (non-hydrogen) atoms. The summed E-state index contributed by atoms with van der Waals surface area (Å²) in [6.07, 6.45) is 11.8. The molecule has 4 heteroatoms. The van der Waals surface area contributed by atoms with Crippen molar-refractivity contribution in [3.8, 4) is 0 Å². The summed E-state index contributed by atoms with van der Waals surface area (Å²) in [6.45, 7) is 6.29. The van der Waals surface area contributed by atoms with Crippen molar-refractivity contribution in [2.45, 2.75) is 63.9 Å². The minimum absolute atomic E-state index is 0.375. The maximum Gasteiger partial charge on any atom is 0.226 e. The Hall–Kier alpha value is -0.610. The molecule has 0 bridgehead atoms. The van der Waals surface area contributed by atoms with Crippen LogP contribution in [-0.2, 0) is 9.53 Å². The summed E-state index contributed by atoms with van der Waals surface area (Å²) < 4.78 is 6.10. The van der Waals surface area contributed by atoms with E-state index in [1.165, 1.54) is 58.0 Å². The number of ether oxygens (including phenoxy) is 1. The number of hydrogen-bond acceptors (Lipinski definition) is 3. The standard InChI is InChI=1S/C20H34N2O2/c23-20(19-17-6-2-3-7-18(17)19)22-12-8-16(9-13-22)24-15-14-21-10-4-1-5-11-21/h16-19H,1-15H2. The number of hydrogen-bond donors (Lipinski definition) is 0. The van der Waals surface area contributed by atoms with Crippen LogP contribution in [0.3, 0.4) is 0 Å². The molecular formula is C20H34N2O2. The predicted molar refractivity (Wildman–Crippen MR) is 94.8 cm³/mol. The van der Waals surface area contributed by atoms with Gasteiger partial charge in [-0.25, -0.2) is 0 Å². The Morgan fingerprint density at radius 2 is 1.50 bits per heavy atom. The average molecular weight is 335 g/mol. The zero-order valence-corrected chi connectivity index (χ0v) is 15.1. The number of piperidine rings is 2.